The summed E-state index contributed by atoms with van der Waals surface area (Å²) in [7, 11) is 1.36. The first-order valence-corrected chi connectivity index (χ1v) is 9.43. The summed E-state index contributed by atoms with van der Waals surface area (Å²) in [5.74, 6) is -1.66. The number of carbonyl (C=O) groups is 3. The number of nitro benzene ring substituents is 1. The number of nitrogens with one attached hydrogen (secondary N) is 2. The average Bonchev–Trinajstić information content (AvgIpc) is 3.44. The van der Waals surface area contributed by atoms with E-state index in [0.717, 1.165) is 17.4 Å². The summed E-state index contributed by atoms with van der Waals surface area (Å²) in [5, 5.41) is 16.4. The summed E-state index contributed by atoms with van der Waals surface area (Å²) in [4.78, 5) is 46.8. The molecule has 31 heavy (non-hydrogen) atoms. The molecule has 2 aromatic heterocycles. The van der Waals surface area contributed by atoms with Crippen molar-refractivity contribution in [1.29, 1.82) is 0 Å². The van der Waals surface area contributed by atoms with Crippen LogP contribution < -0.4 is 15.4 Å². The number of hydrogen-bond acceptors (Lipinski definition) is 9. The van der Waals surface area contributed by atoms with Gasteiger partial charge in [0.2, 0.25) is 0 Å². The Hall–Kier alpha value is -4.19. The number of amides is 2. The standard InChI is InChI=1S/C19H15N3O8S/c1-28-11-4-5-12(13(9-11)22(26)27)20-16(23)10-30-19(25)15-6-7-17(31-15)21-18(24)14-3-2-8-29-14/h2-9H,10H2,1H3,(H,20,23)(H,21,24). The number of thiophene rings is 1. The van der Waals surface area contributed by atoms with Crippen LogP contribution in [-0.2, 0) is 9.53 Å². The van der Waals surface area contributed by atoms with Crippen molar-refractivity contribution in [3.63, 3.8) is 0 Å². The molecule has 0 aliphatic carbocycles. The smallest absolute Gasteiger partial charge is 0.348 e. The van der Waals surface area contributed by atoms with E-state index in [9.17, 15) is 24.5 Å². The van der Waals surface area contributed by atoms with Crippen LogP contribution in [0.2, 0.25) is 0 Å². The molecule has 0 bridgehead atoms. The largest absolute Gasteiger partial charge is 0.496 e. The Bertz CT molecular complexity index is 1120. The Morgan fingerprint density at radius 2 is 1.97 bits per heavy atom. The minimum atomic E-state index is -0.789. The molecule has 11 nitrogen and oxygen atoms in total. The van der Waals surface area contributed by atoms with Crippen LogP contribution in [0.5, 0.6) is 5.75 Å². The number of furan rings is 1. The molecule has 0 saturated carbocycles. The number of nitrogens with zero attached hydrogens (tertiary/aromatic N) is 1. The van der Waals surface area contributed by atoms with Gasteiger partial charge >= 0.3 is 5.97 Å². The first-order chi connectivity index (χ1) is 14.9. The molecule has 0 saturated heterocycles. The van der Waals surface area contributed by atoms with Crippen molar-refractivity contribution in [1.82, 2.24) is 0 Å². The van der Waals surface area contributed by atoms with Crippen molar-refractivity contribution in [2.24, 2.45) is 0 Å². The van der Waals surface area contributed by atoms with Crippen LogP contribution in [0.15, 0.2) is 53.1 Å². The first kappa shape index (κ1) is 21.5. The molecule has 0 unspecified atom stereocenters. The summed E-state index contributed by atoms with van der Waals surface area (Å²) < 4.78 is 14.8. The van der Waals surface area contributed by atoms with Crippen molar-refractivity contribution in [2.75, 3.05) is 24.4 Å². The second-order valence-electron chi connectivity index (χ2n) is 5.86. The SMILES string of the molecule is COc1ccc(NC(=O)COC(=O)c2ccc(NC(=O)c3ccco3)s2)c([N+](=O)[O-])c1. The first-order valence-electron chi connectivity index (χ1n) is 8.61. The lowest BCUT2D eigenvalue weighted by Gasteiger charge is -2.08. The zero-order valence-electron chi connectivity index (χ0n) is 15.9. The maximum absolute atomic E-state index is 12.1. The highest BCUT2D eigenvalue weighted by Crippen LogP contribution is 2.29. The minimum Gasteiger partial charge on any atom is -0.496 e. The molecule has 2 amide bonds. The number of ether oxygens (including phenoxy) is 2. The normalized spacial score (nSPS) is 10.2. The van der Waals surface area contributed by atoms with Gasteiger partial charge in [0.15, 0.2) is 12.4 Å². The van der Waals surface area contributed by atoms with Gasteiger partial charge in [0.1, 0.15) is 16.3 Å². The van der Waals surface area contributed by atoms with E-state index in [1.165, 1.54) is 43.7 Å². The van der Waals surface area contributed by atoms with Gasteiger partial charge in [-0.3, -0.25) is 19.7 Å². The number of rotatable bonds is 8. The summed E-state index contributed by atoms with van der Waals surface area (Å²) in [6.07, 6.45) is 1.36. The lowest BCUT2D eigenvalue weighted by molar-refractivity contribution is -0.384. The zero-order valence-corrected chi connectivity index (χ0v) is 16.8. The Morgan fingerprint density at radius 1 is 1.16 bits per heavy atom. The van der Waals surface area contributed by atoms with Crippen molar-refractivity contribution in [3.8, 4) is 5.75 Å². The van der Waals surface area contributed by atoms with Crippen molar-refractivity contribution in [3.05, 3.63) is 69.5 Å². The van der Waals surface area contributed by atoms with Crippen molar-refractivity contribution in [2.45, 2.75) is 0 Å². The highest BCUT2D eigenvalue weighted by molar-refractivity contribution is 7.18. The highest BCUT2D eigenvalue weighted by atomic mass is 32.1. The molecule has 0 spiro atoms. The molecule has 0 atom stereocenters. The summed E-state index contributed by atoms with van der Waals surface area (Å²) in [6, 6.07) is 9.90. The Labute approximate surface area is 178 Å². The van der Waals surface area contributed by atoms with Gasteiger partial charge in [0.25, 0.3) is 17.5 Å². The number of hydrogen-bond donors (Lipinski definition) is 2. The molecule has 0 aliphatic rings. The second kappa shape index (κ2) is 9.54. The third kappa shape index (κ3) is 5.45. The second-order valence-corrected chi connectivity index (χ2v) is 6.94. The number of carbonyl (C=O) groups excluding carboxylic acids is 3. The molecule has 0 aliphatic heterocycles. The summed E-state index contributed by atoms with van der Waals surface area (Å²) in [6.45, 7) is -0.659. The van der Waals surface area contributed by atoms with Gasteiger partial charge < -0.3 is 24.5 Å². The van der Waals surface area contributed by atoms with E-state index in [0.29, 0.717) is 5.00 Å². The molecule has 12 heteroatoms. The van der Waals surface area contributed by atoms with E-state index in [2.05, 4.69) is 10.6 Å². The van der Waals surface area contributed by atoms with Gasteiger partial charge in [-0.1, -0.05) is 0 Å². The van der Waals surface area contributed by atoms with Crippen molar-refractivity contribution < 1.29 is 33.2 Å². The predicted molar refractivity (Wildman–Crippen MR) is 110 cm³/mol. The van der Waals surface area contributed by atoms with E-state index in [1.54, 1.807) is 6.07 Å². The molecule has 2 N–H and O–H groups in total. The molecule has 160 valence electrons. The predicted octanol–water partition coefficient (Wildman–Crippen LogP) is 3.31. The number of methoxy groups -OCH3 is 1. The monoisotopic (exact) mass is 445 g/mol. The highest BCUT2D eigenvalue weighted by Gasteiger charge is 2.19. The van der Waals surface area contributed by atoms with Gasteiger partial charge in [-0.05, 0) is 36.4 Å². The van der Waals surface area contributed by atoms with E-state index in [4.69, 9.17) is 13.9 Å². The Morgan fingerprint density at radius 3 is 2.65 bits per heavy atom. The van der Waals surface area contributed by atoms with Crippen molar-refractivity contribution >= 4 is 45.5 Å². The fourth-order valence-corrected chi connectivity index (χ4v) is 3.17. The number of nitro groups is 1. The molecular weight excluding hydrogens is 430 g/mol. The van der Waals surface area contributed by atoms with Gasteiger partial charge in [-0.25, -0.2) is 4.79 Å². The van der Waals surface area contributed by atoms with E-state index in [-0.39, 0.29) is 27.8 Å². The van der Waals surface area contributed by atoms with E-state index in [1.807, 2.05) is 0 Å². The van der Waals surface area contributed by atoms with Crippen LogP contribution in [0.3, 0.4) is 0 Å². The zero-order chi connectivity index (χ0) is 22.4. The maximum Gasteiger partial charge on any atom is 0.348 e. The third-order valence-corrected chi connectivity index (χ3v) is 4.78. The number of esters is 1. The molecular formula is C19H15N3O8S. The molecule has 0 fully saturated rings. The lowest BCUT2D eigenvalue weighted by Crippen LogP contribution is -2.21. The fourth-order valence-electron chi connectivity index (χ4n) is 2.38. The lowest BCUT2D eigenvalue weighted by atomic mass is 10.2. The van der Waals surface area contributed by atoms with E-state index < -0.39 is 29.3 Å². The van der Waals surface area contributed by atoms with Crippen LogP contribution in [0.1, 0.15) is 20.2 Å². The van der Waals surface area contributed by atoms with Gasteiger partial charge in [0, 0.05) is 0 Å². The quantitative estimate of drug-likeness (QED) is 0.305. The summed E-state index contributed by atoms with van der Waals surface area (Å²) in [5.41, 5.74) is -0.430. The van der Waals surface area contributed by atoms with Crippen LogP contribution >= 0.6 is 11.3 Å². The van der Waals surface area contributed by atoms with Crippen LogP contribution in [0.4, 0.5) is 16.4 Å². The molecule has 1 aromatic carbocycles. The van der Waals surface area contributed by atoms with Gasteiger partial charge in [0.05, 0.1) is 29.4 Å². The maximum atomic E-state index is 12.1. The van der Waals surface area contributed by atoms with E-state index >= 15 is 0 Å². The minimum absolute atomic E-state index is 0.0640. The average molecular weight is 445 g/mol. The molecule has 3 rings (SSSR count). The topological polar surface area (TPSA) is 150 Å². The van der Waals surface area contributed by atoms with Gasteiger partial charge in [-0.15, -0.1) is 11.3 Å². The van der Waals surface area contributed by atoms with Crippen LogP contribution in [-0.4, -0.2) is 36.4 Å². The van der Waals surface area contributed by atoms with Crippen LogP contribution in [0, 0.1) is 10.1 Å². The summed E-state index contributed by atoms with van der Waals surface area (Å²) >= 11 is 0.950. The number of benzene rings is 1. The Kier molecular flexibility index (Phi) is 6.62. The number of anilines is 2. The molecule has 2 heterocycles. The Balaban J connectivity index is 1.55. The molecule has 3 aromatic rings. The molecule has 0 radical (unpaired) electrons. The third-order valence-electron chi connectivity index (χ3n) is 3.80. The fraction of sp³-hybridized carbons (Fsp3) is 0.105. The van der Waals surface area contributed by atoms with Crippen LogP contribution in [0.25, 0.3) is 0 Å². The van der Waals surface area contributed by atoms with Gasteiger partial charge in [-0.2, -0.15) is 0 Å².